The van der Waals surface area contributed by atoms with Crippen LogP contribution in [0.4, 0.5) is 4.39 Å². The van der Waals surface area contributed by atoms with Gasteiger partial charge in [0.05, 0.1) is 12.7 Å². The quantitative estimate of drug-likeness (QED) is 0.916. The minimum atomic E-state index is -0.543. The Morgan fingerprint density at radius 3 is 2.65 bits per heavy atom. The lowest BCUT2D eigenvalue weighted by Gasteiger charge is -2.17. The number of carbonyl (C=O) groups excluding carboxylic acids is 1. The van der Waals surface area contributed by atoms with E-state index in [1.54, 1.807) is 11.0 Å². The predicted molar refractivity (Wildman–Crippen MR) is 75.2 cm³/mol. The largest absolute Gasteiger partial charge is 0.497 e. The maximum atomic E-state index is 13.9. The number of benzene rings is 1. The SMILES string of the molecule is CC[C@@H]1CN(C(=O)c2ccc(OC)cc2F)C[C@@H]1CN. The van der Waals surface area contributed by atoms with E-state index in [1.807, 2.05) is 0 Å². The van der Waals surface area contributed by atoms with Crippen LogP contribution in [0, 0.1) is 17.7 Å². The number of rotatable bonds is 4. The first-order valence-electron chi connectivity index (χ1n) is 6.93. The van der Waals surface area contributed by atoms with Gasteiger partial charge in [-0.05, 0) is 30.5 Å². The van der Waals surface area contributed by atoms with Crippen molar-refractivity contribution in [3.8, 4) is 5.75 Å². The molecule has 0 aromatic heterocycles. The molecule has 0 spiro atoms. The predicted octanol–water partition coefficient (Wildman–Crippen LogP) is 1.89. The summed E-state index contributed by atoms with van der Waals surface area (Å²) in [5.41, 5.74) is 5.84. The van der Waals surface area contributed by atoms with Gasteiger partial charge in [0.25, 0.3) is 5.91 Å². The average Bonchev–Trinajstić information content (AvgIpc) is 2.89. The molecule has 4 nitrogen and oxygen atoms in total. The highest BCUT2D eigenvalue weighted by Gasteiger charge is 2.34. The van der Waals surface area contributed by atoms with Crippen molar-refractivity contribution >= 4 is 5.91 Å². The maximum absolute atomic E-state index is 13.9. The molecule has 0 unspecified atom stereocenters. The van der Waals surface area contributed by atoms with Crippen molar-refractivity contribution < 1.29 is 13.9 Å². The van der Waals surface area contributed by atoms with E-state index < -0.39 is 5.82 Å². The Bertz CT molecular complexity index is 481. The zero-order chi connectivity index (χ0) is 14.7. The van der Waals surface area contributed by atoms with Gasteiger partial charge in [-0.2, -0.15) is 0 Å². The van der Waals surface area contributed by atoms with Crippen molar-refractivity contribution in [3.05, 3.63) is 29.6 Å². The Morgan fingerprint density at radius 2 is 2.15 bits per heavy atom. The highest BCUT2D eigenvalue weighted by atomic mass is 19.1. The molecule has 1 fully saturated rings. The fraction of sp³-hybridized carbons (Fsp3) is 0.533. The number of hydrogen-bond donors (Lipinski definition) is 1. The van der Waals surface area contributed by atoms with Gasteiger partial charge in [0.2, 0.25) is 0 Å². The molecule has 1 amide bonds. The summed E-state index contributed by atoms with van der Waals surface area (Å²) in [7, 11) is 1.47. The molecule has 2 rings (SSSR count). The lowest BCUT2D eigenvalue weighted by atomic mass is 9.94. The Balaban J connectivity index is 2.16. The molecule has 0 bridgehead atoms. The number of halogens is 1. The topological polar surface area (TPSA) is 55.6 Å². The molecule has 5 heteroatoms. The van der Waals surface area contributed by atoms with Crippen LogP contribution in [-0.4, -0.2) is 37.6 Å². The second-order valence-corrected chi connectivity index (χ2v) is 5.22. The normalized spacial score (nSPS) is 22.1. The second-order valence-electron chi connectivity index (χ2n) is 5.22. The van der Waals surface area contributed by atoms with E-state index in [0.717, 1.165) is 6.42 Å². The molecule has 0 radical (unpaired) electrons. The van der Waals surface area contributed by atoms with E-state index in [9.17, 15) is 9.18 Å². The molecule has 0 saturated carbocycles. The minimum Gasteiger partial charge on any atom is -0.497 e. The smallest absolute Gasteiger partial charge is 0.256 e. The Hall–Kier alpha value is -1.62. The Morgan fingerprint density at radius 1 is 1.45 bits per heavy atom. The summed E-state index contributed by atoms with van der Waals surface area (Å²) >= 11 is 0. The molecule has 1 aromatic rings. The van der Waals surface area contributed by atoms with Crippen LogP contribution < -0.4 is 10.5 Å². The Kier molecular flexibility index (Phi) is 4.60. The fourth-order valence-electron chi connectivity index (χ4n) is 2.80. The first-order chi connectivity index (χ1) is 9.60. The molecule has 1 aromatic carbocycles. The van der Waals surface area contributed by atoms with Gasteiger partial charge in [0, 0.05) is 19.2 Å². The third kappa shape index (κ3) is 2.77. The molecule has 110 valence electrons. The van der Waals surface area contributed by atoms with Crippen LogP contribution >= 0.6 is 0 Å². The maximum Gasteiger partial charge on any atom is 0.256 e. The van der Waals surface area contributed by atoms with Crippen molar-refractivity contribution in [1.82, 2.24) is 4.90 Å². The van der Waals surface area contributed by atoms with E-state index >= 15 is 0 Å². The summed E-state index contributed by atoms with van der Waals surface area (Å²) in [5.74, 6) is 0.320. The van der Waals surface area contributed by atoms with E-state index in [1.165, 1.54) is 19.2 Å². The van der Waals surface area contributed by atoms with E-state index in [-0.39, 0.29) is 11.5 Å². The highest BCUT2D eigenvalue weighted by Crippen LogP contribution is 2.27. The molecule has 1 aliphatic heterocycles. The molecular formula is C15H21FN2O2. The van der Waals surface area contributed by atoms with Gasteiger partial charge in [-0.25, -0.2) is 4.39 Å². The van der Waals surface area contributed by atoms with Crippen LogP contribution in [0.15, 0.2) is 18.2 Å². The van der Waals surface area contributed by atoms with E-state index in [0.29, 0.717) is 37.2 Å². The monoisotopic (exact) mass is 280 g/mol. The van der Waals surface area contributed by atoms with Crippen LogP contribution in [0.5, 0.6) is 5.75 Å². The van der Waals surface area contributed by atoms with Gasteiger partial charge in [-0.15, -0.1) is 0 Å². The van der Waals surface area contributed by atoms with Crippen LogP contribution in [0.3, 0.4) is 0 Å². The van der Waals surface area contributed by atoms with Gasteiger partial charge in [0.15, 0.2) is 0 Å². The van der Waals surface area contributed by atoms with Crippen LogP contribution in [0.1, 0.15) is 23.7 Å². The van der Waals surface area contributed by atoms with Crippen molar-refractivity contribution in [1.29, 1.82) is 0 Å². The van der Waals surface area contributed by atoms with Crippen molar-refractivity contribution in [3.63, 3.8) is 0 Å². The van der Waals surface area contributed by atoms with E-state index in [2.05, 4.69) is 6.92 Å². The van der Waals surface area contributed by atoms with Crippen molar-refractivity contribution in [2.24, 2.45) is 17.6 Å². The first kappa shape index (κ1) is 14.8. The molecule has 1 saturated heterocycles. The highest BCUT2D eigenvalue weighted by molar-refractivity contribution is 5.94. The average molecular weight is 280 g/mol. The summed E-state index contributed by atoms with van der Waals surface area (Å²) in [6.07, 6.45) is 0.983. The van der Waals surface area contributed by atoms with Gasteiger partial charge >= 0.3 is 0 Å². The zero-order valence-corrected chi connectivity index (χ0v) is 11.9. The number of ether oxygens (including phenoxy) is 1. The third-order valence-corrected chi connectivity index (χ3v) is 4.10. The lowest BCUT2D eigenvalue weighted by molar-refractivity contribution is 0.0779. The molecule has 1 aliphatic rings. The summed E-state index contributed by atoms with van der Waals surface area (Å²) in [6, 6.07) is 4.32. The van der Waals surface area contributed by atoms with Crippen LogP contribution in [0.25, 0.3) is 0 Å². The molecule has 2 N–H and O–H groups in total. The standard InChI is InChI=1S/C15H21FN2O2/c1-3-10-8-18(9-11(10)7-17)15(19)13-5-4-12(20-2)6-14(13)16/h4-6,10-11H,3,7-9,17H2,1-2H3/t10-,11+/m1/s1. The van der Waals surface area contributed by atoms with Gasteiger partial charge in [0.1, 0.15) is 11.6 Å². The fourth-order valence-corrected chi connectivity index (χ4v) is 2.80. The number of amides is 1. The number of carbonyl (C=O) groups is 1. The molecule has 2 atom stereocenters. The lowest BCUT2D eigenvalue weighted by Crippen LogP contribution is -2.30. The van der Waals surface area contributed by atoms with Crippen LogP contribution in [-0.2, 0) is 0 Å². The Labute approximate surface area is 118 Å². The van der Waals surface area contributed by atoms with Gasteiger partial charge in [-0.1, -0.05) is 13.3 Å². The summed E-state index contributed by atoms with van der Waals surface area (Å²) in [6.45, 7) is 3.92. The van der Waals surface area contributed by atoms with Crippen molar-refractivity contribution in [2.45, 2.75) is 13.3 Å². The van der Waals surface area contributed by atoms with E-state index in [4.69, 9.17) is 10.5 Å². The molecule has 20 heavy (non-hydrogen) atoms. The minimum absolute atomic E-state index is 0.0957. The van der Waals surface area contributed by atoms with Crippen LogP contribution in [0.2, 0.25) is 0 Å². The summed E-state index contributed by atoms with van der Waals surface area (Å²) in [4.78, 5) is 14.1. The van der Waals surface area contributed by atoms with Crippen molar-refractivity contribution in [2.75, 3.05) is 26.7 Å². The number of methoxy groups -OCH3 is 1. The molecular weight excluding hydrogens is 259 g/mol. The number of likely N-dealkylation sites (tertiary alicyclic amines) is 1. The van der Waals surface area contributed by atoms with Gasteiger partial charge < -0.3 is 15.4 Å². The second kappa shape index (κ2) is 6.22. The number of nitrogens with zero attached hydrogens (tertiary/aromatic N) is 1. The molecule has 0 aliphatic carbocycles. The third-order valence-electron chi connectivity index (χ3n) is 4.10. The molecule has 1 heterocycles. The zero-order valence-electron chi connectivity index (χ0n) is 11.9. The van der Waals surface area contributed by atoms with Gasteiger partial charge in [-0.3, -0.25) is 4.79 Å². The number of nitrogens with two attached hydrogens (primary N) is 1. The summed E-state index contributed by atoms with van der Waals surface area (Å²) < 4.78 is 18.9. The first-order valence-corrected chi connectivity index (χ1v) is 6.93. The number of hydrogen-bond acceptors (Lipinski definition) is 3. The summed E-state index contributed by atoms with van der Waals surface area (Å²) in [5, 5.41) is 0.